The molecule has 5 heteroatoms. The fourth-order valence-electron chi connectivity index (χ4n) is 2.30. The van der Waals surface area contributed by atoms with E-state index in [-0.39, 0.29) is 17.2 Å². The Bertz CT molecular complexity index is 668. The Morgan fingerprint density at radius 1 is 1.30 bits per heavy atom. The summed E-state index contributed by atoms with van der Waals surface area (Å²) in [6.45, 7) is 4.05. The quantitative estimate of drug-likeness (QED) is 0.791. The van der Waals surface area contributed by atoms with Crippen molar-refractivity contribution in [3.8, 4) is 17.4 Å². The van der Waals surface area contributed by atoms with Crippen LogP contribution in [0.5, 0.6) is 17.4 Å². The van der Waals surface area contributed by atoms with Gasteiger partial charge in [0.1, 0.15) is 5.60 Å². The molecule has 1 aromatic carbocycles. The molecule has 2 aromatic rings. The summed E-state index contributed by atoms with van der Waals surface area (Å²) in [7, 11) is 0. The first-order valence-corrected chi connectivity index (χ1v) is 6.36. The molecule has 3 rings (SSSR count). The van der Waals surface area contributed by atoms with Crippen LogP contribution in [0.4, 0.5) is 5.69 Å². The van der Waals surface area contributed by atoms with E-state index in [1.54, 1.807) is 24.4 Å². The highest BCUT2D eigenvalue weighted by Gasteiger charge is 2.32. The standard InChI is InChI=1S/C15H14N2O3/c1-15(2)9-10-5-3-7-12(13(10)20-15)19-14-11(17-18)6-4-8-16-14/h3-8H,9H2,1-2H3. The Kier molecular flexibility index (Phi) is 2.89. The molecule has 1 aromatic heterocycles. The summed E-state index contributed by atoms with van der Waals surface area (Å²) < 4.78 is 11.6. The van der Waals surface area contributed by atoms with E-state index >= 15 is 0 Å². The number of benzene rings is 1. The molecular weight excluding hydrogens is 256 g/mol. The van der Waals surface area contributed by atoms with Gasteiger partial charge in [0.05, 0.1) is 0 Å². The van der Waals surface area contributed by atoms with Gasteiger partial charge in [-0.05, 0) is 37.2 Å². The largest absolute Gasteiger partial charge is 0.483 e. The zero-order valence-electron chi connectivity index (χ0n) is 11.3. The average Bonchev–Trinajstić information content (AvgIpc) is 2.74. The molecule has 0 bridgehead atoms. The van der Waals surface area contributed by atoms with Crippen molar-refractivity contribution in [1.29, 1.82) is 0 Å². The van der Waals surface area contributed by atoms with E-state index in [1.165, 1.54) is 0 Å². The number of nitroso groups, excluding NO2 is 1. The number of hydrogen-bond donors (Lipinski definition) is 0. The van der Waals surface area contributed by atoms with Crippen molar-refractivity contribution >= 4 is 5.69 Å². The summed E-state index contributed by atoms with van der Waals surface area (Å²) in [5, 5.41) is 2.91. The third-order valence-corrected chi connectivity index (χ3v) is 3.11. The van der Waals surface area contributed by atoms with Crippen molar-refractivity contribution in [2.24, 2.45) is 5.18 Å². The normalized spacial score (nSPS) is 15.3. The summed E-state index contributed by atoms with van der Waals surface area (Å²) in [4.78, 5) is 14.8. The molecule has 1 aliphatic heterocycles. The minimum Gasteiger partial charge on any atom is -0.483 e. The van der Waals surface area contributed by atoms with Gasteiger partial charge in [0.15, 0.2) is 17.2 Å². The maximum absolute atomic E-state index is 10.8. The molecule has 0 saturated carbocycles. The number of ether oxygens (including phenoxy) is 2. The monoisotopic (exact) mass is 270 g/mol. The smallest absolute Gasteiger partial charge is 0.249 e. The second-order valence-electron chi connectivity index (χ2n) is 5.30. The molecular formula is C15H14N2O3. The number of fused-ring (bicyclic) bond motifs is 1. The highest BCUT2D eigenvalue weighted by molar-refractivity contribution is 5.54. The van der Waals surface area contributed by atoms with Gasteiger partial charge in [-0.15, -0.1) is 4.91 Å². The number of hydrogen-bond acceptors (Lipinski definition) is 5. The average molecular weight is 270 g/mol. The van der Waals surface area contributed by atoms with Gasteiger partial charge in [0, 0.05) is 18.2 Å². The van der Waals surface area contributed by atoms with Crippen LogP contribution >= 0.6 is 0 Å². The van der Waals surface area contributed by atoms with E-state index in [4.69, 9.17) is 9.47 Å². The van der Waals surface area contributed by atoms with E-state index in [2.05, 4.69) is 10.2 Å². The van der Waals surface area contributed by atoms with Gasteiger partial charge in [-0.1, -0.05) is 12.1 Å². The van der Waals surface area contributed by atoms with Crippen LogP contribution in [-0.2, 0) is 6.42 Å². The van der Waals surface area contributed by atoms with Gasteiger partial charge in [-0.2, -0.15) is 0 Å². The molecule has 0 N–H and O–H groups in total. The molecule has 20 heavy (non-hydrogen) atoms. The van der Waals surface area contributed by atoms with Crippen molar-refractivity contribution in [3.05, 3.63) is 47.0 Å². The lowest BCUT2D eigenvalue weighted by atomic mass is 10.0. The highest BCUT2D eigenvalue weighted by atomic mass is 16.5. The van der Waals surface area contributed by atoms with Crippen LogP contribution in [0.2, 0.25) is 0 Å². The Balaban J connectivity index is 1.98. The van der Waals surface area contributed by atoms with E-state index in [0.29, 0.717) is 11.5 Å². The lowest BCUT2D eigenvalue weighted by molar-refractivity contribution is 0.135. The molecule has 0 radical (unpaired) electrons. The van der Waals surface area contributed by atoms with Crippen molar-refractivity contribution in [1.82, 2.24) is 4.98 Å². The molecule has 0 spiro atoms. The zero-order chi connectivity index (χ0) is 14.2. The molecule has 0 saturated heterocycles. The molecule has 102 valence electrons. The second-order valence-corrected chi connectivity index (χ2v) is 5.30. The van der Waals surface area contributed by atoms with Crippen LogP contribution in [0.3, 0.4) is 0 Å². The predicted octanol–water partition coefficient (Wildman–Crippen LogP) is 3.99. The van der Waals surface area contributed by atoms with Crippen LogP contribution in [0, 0.1) is 4.91 Å². The third-order valence-electron chi connectivity index (χ3n) is 3.11. The SMILES string of the molecule is CC1(C)Cc2cccc(Oc3ncccc3N=O)c2O1. The van der Waals surface area contributed by atoms with Crippen molar-refractivity contribution in [3.63, 3.8) is 0 Å². The number of para-hydroxylation sites is 1. The number of pyridine rings is 1. The van der Waals surface area contributed by atoms with Gasteiger partial charge in [0.2, 0.25) is 5.88 Å². The molecule has 0 atom stereocenters. The van der Waals surface area contributed by atoms with Crippen LogP contribution in [0.25, 0.3) is 0 Å². The summed E-state index contributed by atoms with van der Waals surface area (Å²) in [6.07, 6.45) is 2.37. The van der Waals surface area contributed by atoms with Crippen molar-refractivity contribution < 1.29 is 9.47 Å². The molecule has 0 unspecified atom stereocenters. The number of aromatic nitrogens is 1. The topological polar surface area (TPSA) is 60.8 Å². The van der Waals surface area contributed by atoms with E-state index in [1.807, 2.05) is 26.0 Å². The van der Waals surface area contributed by atoms with Crippen LogP contribution in [0.1, 0.15) is 19.4 Å². The van der Waals surface area contributed by atoms with Gasteiger partial charge in [0.25, 0.3) is 0 Å². The van der Waals surface area contributed by atoms with Crippen molar-refractivity contribution in [2.45, 2.75) is 25.9 Å². The highest BCUT2D eigenvalue weighted by Crippen LogP contribution is 2.44. The zero-order valence-corrected chi connectivity index (χ0v) is 11.3. The van der Waals surface area contributed by atoms with E-state index in [0.717, 1.165) is 12.0 Å². The lowest BCUT2D eigenvalue weighted by Gasteiger charge is -2.18. The van der Waals surface area contributed by atoms with Crippen LogP contribution in [0.15, 0.2) is 41.7 Å². The number of rotatable bonds is 3. The van der Waals surface area contributed by atoms with Gasteiger partial charge in [-0.3, -0.25) is 0 Å². The van der Waals surface area contributed by atoms with Gasteiger partial charge < -0.3 is 9.47 Å². The first-order chi connectivity index (χ1) is 9.59. The Morgan fingerprint density at radius 2 is 2.15 bits per heavy atom. The van der Waals surface area contributed by atoms with Crippen LogP contribution < -0.4 is 9.47 Å². The molecule has 0 aliphatic carbocycles. The molecule has 5 nitrogen and oxygen atoms in total. The minimum atomic E-state index is -0.252. The summed E-state index contributed by atoms with van der Waals surface area (Å²) in [6, 6.07) is 8.90. The van der Waals surface area contributed by atoms with Gasteiger partial charge in [-0.25, -0.2) is 4.98 Å². The predicted molar refractivity (Wildman–Crippen MR) is 74.6 cm³/mol. The second kappa shape index (κ2) is 4.59. The number of nitrogens with zero attached hydrogens (tertiary/aromatic N) is 2. The third kappa shape index (κ3) is 2.22. The maximum Gasteiger partial charge on any atom is 0.249 e. The summed E-state index contributed by atoms with van der Waals surface area (Å²) >= 11 is 0. The van der Waals surface area contributed by atoms with Gasteiger partial charge >= 0.3 is 0 Å². The first kappa shape index (κ1) is 12.6. The summed E-state index contributed by atoms with van der Waals surface area (Å²) in [5.41, 5.74) is 1.00. The van der Waals surface area contributed by atoms with Crippen molar-refractivity contribution in [2.75, 3.05) is 0 Å². The van der Waals surface area contributed by atoms with E-state index < -0.39 is 0 Å². The minimum absolute atomic E-state index is 0.169. The molecule has 0 amide bonds. The molecule has 1 aliphatic rings. The fraction of sp³-hybridized carbons (Fsp3) is 0.267. The lowest BCUT2D eigenvalue weighted by Crippen LogP contribution is -2.24. The van der Waals surface area contributed by atoms with Crippen LogP contribution in [-0.4, -0.2) is 10.6 Å². The Labute approximate surface area is 116 Å². The maximum atomic E-state index is 10.8. The molecule has 0 fully saturated rings. The Hall–Kier alpha value is -2.43. The first-order valence-electron chi connectivity index (χ1n) is 6.36. The summed E-state index contributed by atoms with van der Waals surface area (Å²) in [5.74, 6) is 1.45. The van der Waals surface area contributed by atoms with E-state index in [9.17, 15) is 4.91 Å². The Morgan fingerprint density at radius 3 is 2.95 bits per heavy atom. The fourth-order valence-corrected chi connectivity index (χ4v) is 2.30. The molecule has 2 heterocycles.